The van der Waals surface area contributed by atoms with E-state index in [1.807, 2.05) is 30.7 Å². The molecule has 9 nitrogen and oxygen atoms in total. The molecule has 1 aliphatic heterocycles. The maximum absolute atomic E-state index is 13.5. The molecule has 0 atom stereocenters. The van der Waals surface area contributed by atoms with Crippen molar-refractivity contribution in [3.63, 3.8) is 0 Å². The summed E-state index contributed by atoms with van der Waals surface area (Å²) < 4.78 is 17.1. The van der Waals surface area contributed by atoms with Crippen LogP contribution in [0.3, 0.4) is 0 Å². The monoisotopic (exact) mass is 443 g/mol. The third-order valence-electron chi connectivity index (χ3n) is 6.06. The summed E-state index contributed by atoms with van der Waals surface area (Å²) in [6, 6.07) is 6.84. The number of anilines is 1. The smallest absolute Gasteiger partial charge is 0.235 e. The quantitative estimate of drug-likeness (QED) is 0.352. The van der Waals surface area contributed by atoms with Crippen LogP contribution in [0.2, 0.25) is 0 Å². The zero-order valence-electron chi connectivity index (χ0n) is 18.4. The predicted molar refractivity (Wildman–Crippen MR) is 121 cm³/mol. The molecule has 10 heteroatoms. The molecule has 5 rings (SSSR count). The molecule has 0 bridgehead atoms. The number of pyridine rings is 1. The first-order chi connectivity index (χ1) is 16.0. The lowest BCUT2D eigenvalue weighted by Gasteiger charge is -2.35. The van der Waals surface area contributed by atoms with E-state index in [2.05, 4.69) is 35.0 Å². The largest absolute Gasteiger partial charge is 0.380 e. The summed E-state index contributed by atoms with van der Waals surface area (Å²) in [6.07, 6.45) is 6.62. The summed E-state index contributed by atoms with van der Waals surface area (Å²) >= 11 is 0. The minimum absolute atomic E-state index is 0.308. The highest BCUT2D eigenvalue weighted by molar-refractivity contribution is 5.92. The van der Waals surface area contributed by atoms with E-state index < -0.39 is 5.95 Å². The Morgan fingerprint density at radius 2 is 1.91 bits per heavy atom. The van der Waals surface area contributed by atoms with Gasteiger partial charge in [-0.05, 0) is 43.5 Å². The van der Waals surface area contributed by atoms with Gasteiger partial charge in [-0.3, -0.25) is 0 Å². The number of piperidine rings is 1. The standard InChI is InChI=1S/C23H22FN9/c1-15-27-13-33(30-15)19-6-5-18(17-4-7-20(24)26-12-17)22(21(19)25-2)32-10-8-16(9-11-32)23-29-28-14-31(23)3/h4-7,12-14,16H,8-11H2,1,3H3. The molecule has 4 aromatic rings. The van der Waals surface area contributed by atoms with E-state index in [9.17, 15) is 4.39 Å². The molecule has 0 N–H and O–H groups in total. The average molecular weight is 443 g/mol. The molecule has 0 amide bonds. The fraction of sp³-hybridized carbons (Fsp3) is 0.304. The first-order valence-corrected chi connectivity index (χ1v) is 10.7. The Labute approximate surface area is 190 Å². The fourth-order valence-corrected chi connectivity index (χ4v) is 4.44. The number of halogens is 1. The van der Waals surface area contributed by atoms with Crippen molar-refractivity contribution in [2.75, 3.05) is 18.0 Å². The Kier molecular flexibility index (Phi) is 5.30. The van der Waals surface area contributed by atoms with Crippen molar-refractivity contribution in [1.29, 1.82) is 0 Å². The van der Waals surface area contributed by atoms with Crippen LogP contribution in [0.5, 0.6) is 0 Å². The third kappa shape index (κ3) is 3.82. The summed E-state index contributed by atoms with van der Waals surface area (Å²) in [5.41, 5.74) is 3.55. The number of hydrogen-bond donors (Lipinski definition) is 0. The van der Waals surface area contributed by atoms with Gasteiger partial charge in [-0.15, -0.1) is 10.2 Å². The van der Waals surface area contributed by atoms with Gasteiger partial charge in [-0.2, -0.15) is 9.49 Å². The lowest BCUT2D eigenvalue weighted by Crippen LogP contribution is -2.34. The van der Waals surface area contributed by atoms with Crippen molar-refractivity contribution in [2.45, 2.75) is 25.7 Å². The van der Waals surface area contributed by atoms with E-state index in [0.717, 1.165) is 48.6 Å². The molecular formula is C23H22FN9. The second-order valence-electron chi connectivity index (χ2n) is 8.11. The topological polar surface area (TPSA) is 81.9 Å². The highest BCUT2D eigenvalue weighted by Crippen LogP contribution is 2.44. The third-order valence-corrected chi connectivity index (χ3v) is 6.06. The molecule has 1 aliphatic rings. The number of aromatic nitrogens is 7. The van der Waals surface area contributed by atoms with Crippen LogP contribution < -0.4 is 4.90 Å². The van der Waals surface area contributed by atoms with E-state index in [0.29, 0.717) is 23.1 Å². The van der Waals surface area contributed by atoms with Crippen LogP contribution in [0, 0.1) is 19.4 Å². The van der Waals surface area contributed by atoms with Crippen molar-refractivity contribution >= 4 is 11.4 Å². The summed E-state index contributed by atoms with van der Waals surface area (Å²) in [7, 11) is 1.96. The van der Waals surface area contributed by atoms with Crippen molar-refractivity contribution in [3.8, 4) is 16.8 Å². The van der Waals surface area contributed by atoms with E-state index >= 15 is 0 Å². The zero-order chi connectivity index (χ0) is 22.9. The van der Waals surface area contributed by atoms with Crippen LogP contribution in [0.1, 0.15) is 30.4 Å². The highest BCUT2D eigenvalue weighted by Gasteiger charge is 2.28. The van der Waals surface area contributed by atoms with E-state index in [1.165, 1.54) is 12.3 Å². The molecule has 166 valence electrons. The fourth-order valence-electron chi connectivity index (χ4n) is 4.44. The van der Waals surface area contributed by atoms with Crippen molar-refractivity contribution in [2.24, 2.45) is 7.05 Å². The van der Waals surface area contributed by atoms with Crippen LogP contribution in [-0.2, 0) is 7.05 Å². The van der Waals surface area contributed by atoms with Crippen LogP contribution in [0.25, 0.3) is 21.7 Å². The second-order valence-corrected chi connectivity index (χ2v) is 8.11. The first kappa shape index (κ1) is 20.8. The van der Waals surface area contributed by atoms with Crippen LogP contribution >= 0.6 is 0 Å². The maximum atomic E-state index is 13.5. The Hall–Kier alpha value is -4.13. The number of aryl methyl sites for hydroxylation is 2. The number of rotatable bonds is 4. The molecule has 0 unspecified atom stereocenters. The number of benzene rings is 1. The number of nitrogens with zero attached hydrogens (tertiary/aromatic N) is 9. The van der Waals surface area contributed by atoms with Crippen LogP contribution in [-0.4, -0.2) is 47.6 Å². The molecule has 4 heterocycles. The molecule has 1 saturated heterocycles. The normalized spacial score (nSPS) is 14.4. The van der Waals surface area contributed by atoms with Crippen molar-refractivity contribution in [1.82, 2.24) is 34.5 Å². The van der Waals surface area contributed by atoms with Crippen molar-refractivity contribution in [3.05, 3.63) is 72.1 Å². The molecular weight excluding hydrogens is 421 g/mol. The van der Waals surface area contributed by atoms with E-state index in [-0.39, 0.29) is 0 Å². The maximum Gasteiger partial charge on any atom is 0.235 e. The van der Waals surface area contributed by atoms with Crippen LogP contribution in [0.4, 0.5) is 15.8 Å². The molecule has 3 aromatic heterocycles. The molecule has 1 aromatic carbocycles. The Bertz CT molecular complexity index is 1320. The molecule has 0 spiro atoms. The van der Waals surface area contributed by atoms with Gasteiger partial charge in [0.1, 0.15) is 24.3 Å². The molecule has 0 aliphatic carbocycles. The lowest BCUT2D eigenvalue weighted by molar-refractivity contribution is 0.474. The highest BCUT2D eigenvalue weighted by atomic mass is 19.1. The van der Waals surface area contributed by atoms with Gasteiger partial charge < -0.3 is 9.47 Å². The van der Waals surface area contributed by atoms with Crippen molar-refractivity contribution < 1.29 is 4.39 Å². The van der Waals surface area contributed by atoms with E-state index in [4.69, 9.17) is 6.57 Å². The van der Waals surface area contributed by atoms with Gasteiger partial charge in [0.05, 0.1) is 17.9 Å². The first-order valence-electron chi connectivity index (χ1n) is 10.7. The van der Waals surface area contributed by atoms with Gasteiger partial charge in [0, 0.05) is 37.8 Å². The second kappa shape index (κ2) is 8.43. The Balaban J connectivity index is 1.58. The Morgan fingerprint density at radius 3 is 2.52 bits per heavy atom. The Morgan fingerprint density at radius 1 is 1.09 bits per heavy atom. The zero-order valence-corrected chi connectivity index (χ0v) is 18.4. The minimum Gasteiger partial charge on any atom is -0.380 e. The van der Waals surface area contributed by atoms with Gasteiger partial charge >= 0.3 is 0 Å². The number of hydrogen-bond acceptors (Lipinski definition) is 6. The van der Waals surface area contributed by atoms with E-state index in [1.54, 1.807) is 23.4 Å². The lowest BCUT2D eigenvalue weighted by atomic mass is 9.93. The summed E-state index contributed by atoms with van der Waals surface area (Å²) in [5.74, 6) is 1.38. The summed E-state index contributed by atoms with van der Waals surface area (Å²) in [4.78, 5) is 14.2. The van der Waals surface area contributed by atoms with Gasteiger partial charge in [0.25, 0.3) is 0 Å². The molecule has 1 fully saturated rings. The van der Waals surface area contributed by atoms with Gasteiger partial charge in [-0.25, -0.2) is 19.5 Å². The predicted octanol–water partition coefficient (Wildman–Crippen LogP) is 3.84. The molecule has 0 saturated carbocycles. The van der Waals surface area contributed by atoms with Gasteiger partial charge in [0.15, 0.2) is 0 Å². The minimum atomic E-state index is -0.537. The van der Waals surface area contributed by atoms with Crippen LogP contribution in [0.15, 0.2) is 43.1 Å². The van der Waals surface area contributed by atoms with Gasteiger partial charge in [-0.1, -0.05) is 6.07 Å². The SMILES string of the molecule is [C-]#[N+]c1c(-n2cnc(C)n2)ccc(-c2ccc(F)nc2)c1N1CCC(c2nncn2C)CC1. The summed E-state index contributed by atoms with van der Waals surface area (Å²) in [6.45, 7) is 11.3. The summed E-state index contributed by atoms with van der Waals surface area (Å²) in [5, 5.41) is 12.7. The van der Waals surface area contributed by atoms with Gasteiger partial charge in [0.2, 0.25) is 11.6 Å². The molecule has 33 heavy (non-hydrogen) atoms. The average Bonchev–Trinajstić information content (AvgIpc) is 3.47. The molecule has 0 radical (unpaired) electrons.